The molecule has 1 unspecified atom stereocenters. The van der Waals surface area contributed by atoms with Gasteiger partial charge in [0, 0.05) is 21.2 Å². The second-order valence-corrected chi connectivity index (χ2v) is 9.33. The second-order valence-electron chi connectivity index (χ2n) is 6.11. The topological polar surface area (TPSA) is 94.8 Å². The first-order valence-electron chi connectivity index (χ1n) is 7.89. The predicted molar refractivity (Wildman–Crippen MR) is 114 cm³/mol. The lowest BCUT2D eigenvalue weighted by Gasteiger charge is -2.34. The molecule has 0 heterocycles. The molecule has 3 aromatic carbocycles. The first-order valence-corrected chi connectivity index (χ1v) is 10.8. The van der Waals surface area contributed by atoms with E-state index in [2.05, 4.69) is 0 Å². The van der Waals surface area contributed by atoms with Crippen LogP contribution in [-0.4, -0.2) is 23.2 Å². The summed E-state index contributed by atoms with van der Waals surface area (Å²) >= 11 is 24.6. The lowest BCUT2D eigenvalue weighted by atomic mass is 9.83. The van der Waals surface area contributed by atoms with Gasteiger partial charge in [0.05, 0.1) is 10.0 Å². The van der Waals surface area contributed by atoms with E-state index >= 15 is 0 Å². The third-order valence-corrected chi connectivity index (χ3v) is 7.08. The first-order chi connectivity index (χ1) is 13.5. The van der Waals surface area contributed by atoms with Crippen LogP contribution < -0.4 is 0 Å². The van der Waals surface area contributed by atoms with Gasteiger partial charge < -0.3 is 10.2 Å². The molecule has 0 aromatic heterocycles. The molecular formula is C19H12Cl4O5S. The highest BCUT2D eigenvalue weighted by Crippen LogP contribution is 2.51. The normalized spacial score (nSPS) is 13.8. The summed E-state index contributed by atoms with van der Waals surface area (Å²) in [5.74, 6) is -0.629. The standard InChI is InChI=1S/C19H12Cl4O5S/c20-11-3-6-17(25)14(7-11)19(29(26,27)28,10-1-4-13(24)5-2-10)15-8-12(21)9-16(22)18(15)23/h1-9,24-25H,(H,26,27,28). The van der Waals surface area contributed by atoms with Gasteiger partial charge in [-0.3, -0.25) is 4.55 Å². The van der Waals surface area contributed by atoms with Gasteiger partial charge in [0.2, 0.25) is 0 Å². The van der Waals surface area contributed by atoms with E-state index < -0.39 is 20.6 Å². The molecule has 3 N–H and O–H groups in total. The summed E-state index contributed by atoms with van der Waals surface area (Å²) in [6, 6.07) is 11.2. The monoisotopic (exact) mass is 492 g/mol. The van der Waals surface area contributed by atoms with Gasteiger partial charge in [-0.1, -0.05) is 58.5 Å². The largest absolute Gasteiger partial charge is 0.508 e. The van der Waals surface area contributed by atoms with E-state index in [0.29, 0.717) is 0 Å². The molecule has 0 fully saturated rings. The number of hydrogen-bond acceptors (Lipinski definition) is 4. The molecule has 0 saturated carbocycles. The van der Waals surface area contributed by atoms with Crippen molar-refractivity contribution in [3.8, 4) is 11.5 Å². The van der Waals surface area contributed by atoms with E-state index in [-0.39, 0.29) is 42.5 Å². The van der Waals surface area contributed by atoms with Crippen LogP contribution in [0, 0.1) is 0 Å². The minimum Gasteiger partial charge on any atom is -0.508 e. The Hall–Kier alpha value is -1.67. The number of rotatable bonds is 4. The fourth-order valence-electron chi connectivity index (χ4n) is 3.18. The van der Waals surface area contributed by atoms with Gasteiger partial charge >= 0.3 is 0 Å². The Balaban J connectivity index is 2.63. The summed E-state index contributed by atoms with van der Waals surface area (Å²) < 4.78 is 34.0. The zero-order chi connectivity index (χ0) is 21.6. The van der Waals surface area contributed by atoms with E-state index in [0.717, 1.165) is 0 Å². The number of phenols is 2. The second kappa shape index (κ2) is 7.87. The molecule has 0 aliphatic heterocycles. The lowest BCUT2D eigenvalue weighted by Crippen LogP contribution is -2.38. The number of halogens is 4. The molecular weight excluding hydrogens is 482 g/mol. The highest BCUT2D eigenvalue weighted by atomic mass is 35.5. The van der Waals surface area contributed by atoms with Crippen molar-refractivity contribution >= 4 is 56.5 Å². The third-order valence-electron chi connectivity index (χ3n) is 4.37. The van der Waals surface area contributed by atoms with Gasteiger partial charge in [-0.2, -0.15) is 8.42 Å². The fourth-order valence-corrected chi connectivity index (χ4v) is 5.47. The van der Waals surface area contributed by atoms with Crippen LogP contribution in [0.15, 0.2) is 54.6 Å². The molecule has 0 saturated heterocycles. The summed E-state index contributed by atoms with van der Waals surface area (Å²) in [5.41, 5.74) is -0.531. The number of aromatic hydroxyl groups is 2. The van der Waals surface area contributed by atoms with Crippen LogP contribution in [0.1, 0.15) is 16.7 Å². The molecule has 5 nitrogen and oxygen atoms in total. The molecule has 3 aromatic rings. The number of phenolic OH excluding ortho intramolecular Hbond substituents is 2. The molecule has 0 aliphatic carbocycles. The Bertz CT molecular complexity index is 1200. The van der Waals surface area contributed by atoms with Crippen molar-refractivity contribution in [3.05, 3.63) is 91.4 Å². The Morgan fingerprint density at radius 3 is 1.93 bits per heavy atom. The van der Waals surface area contributed by atoms with E-state index in [1.54, 1.807) is 0 Å². The van der Waals surface area contributed by atoms with Gasteiger partial charge in [0.15, 0.2) is 4.75 Å². The van der Waals surface area contributed by atoms with E-state index in [9.17, 15) is 23.2 Å². The maximum atomic E-state index is 13.0. The molecule has 10 heteroatoms. The van der Waals surface area contributed by atoms with Crippen LogP contribution >= 0.6 is 46.4 Å². The van der Waals surface area contributed by atoms with Gasteiger partial charge in [-0.15, -0.1) is 0 Å². The zero-order valence-corrected chi connectivity index (χ0v) is 18.1. The van der Waals surface area contributed by atoms with Gasteiger partial charge in [-0.25, -0.2) is 0 Å². The Morgan fingerprint density at radius 2 is 1.34 bits per heavy atom. The van der Waals surface area contributed by atoms with Crippen molar-refractivity contribution < 1.29 is 23.2 Å². The molecule has 0 aliphatic rings. The third kappa shape index (κ3) is 3.77. The number of benzene rings is 3. The molecule has 0 amide bonds. The van der Waals surface area contributed by atoms with Crippen LogP contribution in [0.25, 0.3) is 0 Å². The summed E-state index contributed by atoms with van der Waals surface area (Å²) in [6.07, 6.45) is 0. The van der Waals surface area contributed by atoms with Crippen LogP contribution in [0.5, 0.6) is 11.5 Å². The minimum absolute atomic E-state index is 0.0442. The maximum absolute atomic E-state index is 13.0. The molecule has 29 heavy (non-hydrogen) atoms. The Labute approximate surface area is 186 Å². The van der Waals surface area contributed by atoms with Gasteiger partial charge in [-0.05, 0) is 48.0 Å². The Morgan fingerprint density at radius 1 is 0.759 bits per heavy atom. The average molecular weight is 494 g/mol. The van der Waals surface area contributed by atoms with Crippen molar-refractivity contribution in [2.45, 2.75) is 4.75 Å². The molecule has 0 spiro atoms. The van der Waals surface area contributed by atoms with Crippen molar-refractivity contribution in [2.24, 2.45) is 0 Å². The van der Waals surface area contributed by atoms with E-state index in [4.69, 9.17) is 46.4 Å². The first kappa shape index (κ1) is 22.0. The van der Waals surface area contributed by atoms with Gasteiger partial charge in [0.1, 0.15) is 11.5 Å². The molecule has 1 atom stereocenters. The average Bonchev–Trinajstić information content (AvgIpc) is 2.62. The summed E-state index contributed by atoms with van der Waals surface area (Å²) in [6.45, 7) is 0. The van der Waals surface area contributed by atoms with Crippen LogP contribution in [0.4, 0.5) is 0 Å². The maximum Gasteiger partial charge on any atom is 0.283 e. The smallest absolute Gasteiger partial charge is 0.283 e. The lowest BCUT2D eigenvalue weighted by molar-refractivity contribution is 0.440. The quantitative estimate of drug-likeness (QED) is 0.239. The van der Waals surface area contributed by atoms with Crippen molar-refractivity contribution in [2.75, 3.05) is 0 Å². The predicted octanol–water partition coefficient (Wildman–Crippen LogP) is 5.89. The summed E-state index contributed by atoms with van der Waals surface area (Å²) in [7, 11) is -5.10. The van der Waals surface area contributed by atoms with E-state index in [1.165, 1.54) is 54.6 Å². The molecule has 0 radical (unpaired) electrons. The molecule has 3 rings (SSSR count). The van der Waals surface area contributed by atoms with E-state index in [1.807, 2.05) is 0 Å². The van der Waals surface area contributed by atoms with Gasteiger partial charge in [0.25, 0.3) is 10.1 Å². The number of hydrogen-bond donors (Lipinski definition) is 3. The van der Waals surface area contributed by atoms with Crippen molar-refractivity contribution in [1.82, 2.24) is 0 Å². The highest BCUT2D eigenvalue weighted by Gasteiger charge is 2.51. The SMILES string of the molecule is O=S(=O)(O)C(c1ccc(O)cc1)(c1cc(Cl)ccc1O)c1cc(Cl)cc(Cl)c1Cl. The minimum atomic E-state index is -5.10. The van der Waals surface area contributed by atoms with Crippen LogP contribution in [0.2, 0.25) is 20.1 Å². The molecule has 0 bridgehead atoms. The summed E-state index contributed by atoms with van der Waals surface area (Å²) in [5, 5.41) is 20.1. The van der Waals surface area contributed by atoms with Crippen LogP contribution in [0.3, 0.4) is 0 Å². The van der Waals surface area contributed by atoms with Crippen molar-refractivity contribution in [1.29, 1.82) is 0 Å². The van der Waals surface area contributed by atoms with Crippen molar-refractivity contribution in [3.63, 3.8) is 0 Å². The zero-order valence-electron chi connectivity index (χ0n) is 14.3. The Kier molecular flexibility index (Phi) is 5.98. The van der Waals surface area contributed by atoms with Crippen LogP contribution in [-0.2, 0) is 14.9 Å². The highest BCUT2D eigenvalue weighted by molar-refractivity contribution is 7.87. The summed E-state index contributed by atoms with van der Waals surface area (Å²) in [4.78, 5) is 0. The fraction of sp³-hybridized carbons (Fsp3) is 0.0526. The molecule has 152 valence electrons.